The molecule has 7 atom stereocenters. The summed E-state index contributed by atoms with van der Waals surface area (Å²) >= 11 is 0. The van der Waals surface area contributed by atoms with Crippen LogP contribution in [0.2, 0.25) is 0 Å². The molecule has 1 aliphatic heterocycles. The van der Waals surface area contributed by atoms with E-state index in [1.165, 1.54) is 64.2 Å². The summed E-state index contributed by atoms with van der Waals surface area (Å²) in [4.78, 5) is 0. The molecule has 1 aliphatic rings. The van der Waals surface area contributed by atoms with Gasteiger partial charge in [0.15, 0.2) is 6.29 Å². The van der Waals surface area contributed by atoms with Gasteiger partial charge in [-0.1, -0.05) is 83.3 Å². The zero-order valence-electron chi connectivity index (χ0n) is 19.7. The van der Waals surface area contributed by atoms with Gasteiger partial charge in [0.05, 0.1) is 25.4 Å². The molecule has 0 spiro atoms. The summed E-state index contributed by atoms with van der Waals surface area (Å²) in [7, 11) is 0. The molecular formula is C24H47NO7. The Labute approximate surface area is 193 Å². The van der Waals surface area contributed by atoms with Crippen molar-refractivity contribution in [2.45, 2.75) is 127 Å². The maximum absolute atomic E-state index is 10.2. The highest BCUT2D eigenvalue weighted by Crippen LogP contribution is 2.22. The number of aliphatic hydroxyl groups is 5. The van der Waals surface area contributed by atoms with Crippen LogP contribution < -0.4 is 5.73 Å². The van der Waals surface area contributed by atoms with Crippen LogP contribution >= 0.6 is 0 Å². The molecule has 0 radical (unpaired) electrons. The van der Waals surface area contributed by atoms with Crippen molar-refractivity contribution in [2.75, 3.05) is 13.2 Å². The molecule has 5 unspecified atom stereocenters. The van der Waals surface area contributed by atoms with Crippen molar-refractivity contribution in [3.8, 4) is 0 Å². The molecule has 8 heteroatoms. The second-order valence-corrected chi connectivity index (χ2v) is 8.94. The predicted octanol–water partition coefficient (Wildman–Crippen LogP) is 1.75. The van der Waals surface area contributed by atoms with Gasteiger partial charge in [-0.2, -0.15) is 0 Å². The third-order valence-corrected chi connectivity index (χ3v) is 6.05. The van der Waals surface area contributed by atoms with E-state index in [0.29, 0.717) is 0 Å². The Bertz CT molecular complexity index is 477. The summed E-state index contributed by atoms with van der Waals surface area (Å²) in [5.74, 6) is 0. The molecule has 190 valence electrons. The first kappa shape index (κ1) is 29.5. The van der Waals surface area contributed by atoms with Crippen LogP contribution in [0.25, 0.3) is 0 Å². The largest absolute Gasteiger partial charge is 0.394 e. The maximum atomic E-state index is 10.2. The third kappa shape index (κ3) is 11.5. The lowest BCUT2D eigenvalue weighted by Gasteiger charge is -2.39. The number of ether oxygens (including phenoxy) is 2. The maximum Gasteiger partial charge on any atom is 0.186 e. The molecule has 0 aromatic rings. The average molecular weight is 462 g/mol. The third-order valence-electron chi connectivity index (χ3n) is 6.05. The lowest BCUT2D eigenvalue weighted by atomic mass is 9.99. The number of aliphatic hydroxyl groups excluding tert-OH is 5. The van der Waals surface area contributed by atoms with Gasteiger partial charge in [-0.05, 0) is 12.8 Å². The van der Waals surface area contributed by atoms with Crippen LogP contribution in [0.5, 0.6) is 0 Å². The molecule has 32 heavy (non-hydrogen) atoms. The quantitative estimate of drug-likeness (QED) is 0.134. The van der Waals surface area contributed by atoms with E-state index >= 15 is 0 Å². The number of rotatable bonds is 18. The Morgan fingerprint density at radius 3 is 2.00 bits per heavy atom. The highest BCUT2D eigenvalue weighted by molar-refractivity contribution is 4.94. The standard InChI is InChI=1S/C24H47NO7/c1-2-3-4-5-6-7-8-9-10-11-12-13-14-15-19(27)18(25)17-31-24-23(30)22(29)21(28)20(16-26)32-24/h14-15,18-24,26-30H,2-13,16-17,25H2,1H3/b15-14+/t18?,19?,20?,21?,22-,23+,24?/m0/s1. The number of hydrogen-bond donors (Lipinski definition) is 6. The highest BCUT2D eigenvalue weighted by Gasteiger charge is 2.44. The van der Waals surface area contributed by atoms with E-state index in [1.807, 2.05) is 6.08 Å². The molecule has 7 N–H and O–H groups in total. The Kier molecular flexibility index (Phi) is 16.4. The molecule has 1 fully saturated rings. The summed E-state index contributed by atoms with van der Waals surface area (Å²) in [6.45, 7) is 1.60. The number of unbranched alkanes of at least 4 members (excludes halogenated alkanes) is 11. The van der Waals surface area contributed by atoms with Crippen molar-refractivity contribution >= 4 is 0 Å². The van der Waals surface area contributed by atoms with E-state index in [2.05, 4.69) is 6.92 Å². The van der Waals surface area contributed by atoms with E-state index in [0.717, 1.165) is 12.8 Å². The van der Waals surface area contributed by atoms with Crippen molar-refractivity contribution in [1.82, 2.24) is 0 Å². The molecule has 0 aromatic heterocycles. The smallest absolute Gasteiger partial charge is 0.186 e. The Morgan fingerprint density at radius 2 is 1.44 bits per heavy atom. The minimum atomic E-state index is -1.50. The van der Waals surface area contributed by atoms with Gasteiger partial charge >= 0.3 is 0 Å². The minimum absolute atomic E-state index is 0.118. The topological polar surface area (TPSA) is 146 Å². The van der Waals surface area contributed by atoms with Crippen LogP contribution in [0.3, 0.4) is 0 Å². The minimum Gasteiger partial charge on any atom is -0.394 e. The van der Waals surface area contributed by atoms with E-state index in [4.69, 9.17) is 15.2 Å². The van der Waals surface area contributed by atoms with Crippen LogP contribution in [-0.4, -0.2) is 81.6 Å². The van der Waals surface area contributed by atoms with Crippen molar-refractivity contribution in [3.05, 3.63) is 12.2 Å². The lowest BCUT2D eigenvalue weighted by molar-refractivity contribution is -0.302. The van der Waals surface area contributed by atoms with Crippen molar-refractivity contribution < 1.29 is 35.0 Å². The van der Waals surface area contributed by atoms with E-state index < -0.39 is 49.5 Å². The summed E-state index contributed by atoms with van der Waals surface area (Å²) in [6, 6.07) is -0.740. The Balaban J connectivity index is 2.10. The fourth-order valence-electron chi connectivity index (χ4n) is 3.81. The Morgan fingerprint density at radius 1 is 0.875 bits per heavy atom. The van der Waals surface area contributed by atoms with Gasteiger partial charge in [0.1, 0.15) is 24.4 Å². The van der Waals surface area contributed by atoms with Gasteiger partial charge in [0, 0.05) is 0 Å². The number of nitrogens with two attached hydrogens (primary N) is 1. The van der Waals surface area contributed by atoms with E-state index in [9.17, 15) is 25.5 Å². The van der Waals surface area contributed by atoms with Crippen LogP contribution in [-0.2, 0) is 9.47 Å². The zero-order valence-corrected chi connectivity index (χ0v) is 19.7. The SMILES string of the molecule is CCCCCCCCCCCCC/C=C/C(O)C(N)COC1OC(CO)C(O)[C@H](O)[C@H]1O. The van der Waals surface area contributed by atoms with Gasteiger partial charge in [0.25, 0.3) is 0 Å². The monoisotopic (exact) mass is 461 g/mol. The van der Waals surface area contributed by atoms with Gasteiger partial charge < -0.3 is 40.7 Å². The first-order valence-electron chi connectivity index (χ1n) is 12.4. The number of allylic oxidation sites excluding steroid dienone is 1. The van der Waals surface area contributed by atoms with E-state index in [1.54, 1.807) is 6.08 Å². The molecule has 0 aromatic carbocycles. The van der Waals surface area contributed by atoms with Gasteiger partial charge in [0.2, 0.25) is 0 Å². The van der Waals surface area contributed by atoms with Gasteiger partial charge in [-0.25, -0.2) is 0 Å². The normalized spacial score (nSPS) is 28.3. The lowest BCUT2D eigenvalue weighted by Crippen LogP contribution is -2.59. The molecule has 1 heterocycles. The molecule has 1 rings (SSSR count). The highest BCUT2D eigenvalue weighted by atomic mass is 16.7. The van der Waals surface area contributed by atoms with Crippen LogP contribution in [0.4, 0.5) is 0 Å². The fourth-order valence-corrected chi connectivity index (χ4v) is 3.81. The first-order chi connectivity index (χ1) is 15.4. The molecule has 8 nitrogen and oxygen atoms in total. The summed E-state index contributed by atoms with van der Waals surface area (Å²) < 4.78 is 10.6. The summed E-state index contributed by atoms with van der Waals surface area (Å²) in [5, 5.41) is 48.8. The van der Waals surface area contributed by atoms with E-state index in [-0.39, 0.29) is 6.61 Å². The summed E-state index contributed by atoms with van der Waals surface area (Å²) in [6.07, 6.45) is 11.1. The van der Waals surface area contributed by atoms with Crippen LogP contribution in [0.1, 0.15) is 84.0 Å². The average Bonchev–Trinajstić information content (AvgIpc) is 2.79. The van der Waals surface area contributed by atoms with Crippen molar-refractivity contribution in [1.29, 1.82) is 0 Å². The molecule has 0 aliphatic carbocycles. The molecule has 0 saturated carbocycles. The Hall–Kier alpha value is -0.580. The summed E-state index contributed by atoms with van der Waals surface area (Å²) in [5.41, 5.74) is 5.93. The fraction of sp³-hybridized carbons (Fsp3) is 0.917. The second-order valence-electron chi connectivity index (χ2n) is 8.94. The molecule has 0 bridgehead atoms. The van der Waals surface area contributed by atoms with Crippen LogP contribution in [0.15, 0.2) is 12.2 Å². The molecular weight excluding hydrogens is 414 g/mol. The predicted molar refractivity (Wildman–Crippen MR) is 124 cm³/mol. The first-order valence-corrected chi connectivity index (χ1v) is 12.4. The molecule has 1 saturated heterocycles. The van der Waals surface area contributed by atoms with Gasteiger partial charge in [-0.15, -0.1) is 0 Å². The van der Waals surface area contributed by atoms with Crippen molar-refractivity contribution in [2.24, 2.45) is 5.73 Å². The molecule has 0 amide bonds. The van der Waals surface area contributed by atoms with Crippen molar-refractivity contribution in [3.63, 3.8) is 0 Å². The zero-order chi connectivity index (χ0) is 23.8. The van der Waals surface area contributed by atoms with Gasteiger partial charge in [-0.3, -0.25) is 0 Å². The second kappa shape index (κ2) is 17.8. The number of hydrogen-bond acceptors (Lipinski definition) is 8. The van der Waals surface area contributed by atoms with Crippen LogP contribution in [0, 0.1) is 0 Å².